The molecule has 2 amide bonds. The molecule has 0 fully saturated rings. The molecule has 0 bridgehead atoms. The Morgan fingerprint density at radius 1 is 0.967 bits per heavy atom. The lowest BCUT2D eigenvalue weighted by Gasteiger charge is -2.15. The van der Waals surface area contributed by atoms with E-state index in [2.05, 4.69) is 16.0 Å². The van der Waals surface area contributed by atoms with Crippen molar-refractivity contribution >= 4 is 34.5 Å². The second-order valence-electron chi connectivity index (χ2n) is 7.05. The Morgan fingerprint density at radius 2 is 1.77 bits per heavy atom. The van der Waals surface area contributed by atoms with Gasteiger partial charge in [0.05, 0.1) is 11.3 Å². The molecule has 0 atom stereocenters. The van der Waals surface area contributed by atoms with E-state index >= 15 is 0 Å². The number of carbonyl (C=O) groups is 2. The first-order valence-electron chi connectivity index (χ1n) is 9.62. The van der Waals surface area contributed by atoms with Crippen molar-refractivity contribution in [3.8, 4) is 0 Å². The smallest absolute Gasteiger partial charge is 0.258 e. The van der Waals surface area contributed by atoms with Gasteiger partial charge < -0.3 is 21.7 Å². The van der Waals surface area contributed by atoms with Crippen LogP contribution in [0, 0.1) is 0 Å². The van der Waals surface area contributed by atoms with Crippen molar-refractivity contribution < 1.29 is 9.59 Å². The van der Waals surface area contributed by atoms with Gasteiger partial charge in [0.25, 0.3) is 5.91 Å². The van der Waals surface area contributed by atoms with Gasteiger partial charge >= 0.3 is 0 Å². The van der Waals surface area contributed by atoms with E-state index in [0.29, 0.717) is 22.5 Å². The largest absolute Gasteiger partial charge is 0.366 e. The van der Waals surface area contributed by atoms with Crippen molar-refractivity contribution in [2.45, 2.75) is 6.54 Å². The zero-order valence-electron chi connectivity index (χ0n) is 16.5. The fourth-order valence-corrected chi connectivity index (χ4v) is 3.57. The predicted octanol–water partition coefficient (Wildman–Crippen LogP) is 3.44. The number of benzene rings is 3. The number of rotatable bonds is 6. The van der Waals surface area contributed by atoms with Crippen LogP contribution < -0.4 is 21.7 Å². The normalized spacial score (nSPS) is 14.1. The number of carbonyl (C=O) groups excluding carboxylic acids is 2. The van der Waals surface area contributed by atoms with Gasteiger partial charge in [-0.15, -0.1) is 0 Å². The van der Waals surface area contributed by atoms with E-state index < -0.39 is 5.91 Å². The van der Waals surface area contributed by atoms with E-state index in [1.165, 1.54) is 0 Å². The van der Waals surface area contributed by atoms with Gasteiger partial charge in [-0.05, 0) is 42.4 Å². The van der Waals surface area contributed by atoms with E-state index in [9.17, 15) is 9.59 Å². The highest BCUT2D eigenvalue weighted by molar-refractivity contribution is 6.37. The Labute approximate surface area is 174 Å². The van der Waals surface area contributed by atoms with E-state index in [1.807, 2.05) is 61.6 Å². The van der Waals surface area contributed by atoms with E-state index in [1.54, 1.807) is 18.2 Å². The molecule has 0 spiro atoms. The van der Waals surface area contributed by atoms with Gasteiger partial charge in [0.2, 0.25) is 5.91 Å². The highest BCUT2D eigenvalue weighted by Gasteiger charge is 2.29. The molecule has 0 radical (unpaired) electrons. The molecule has 4 rings (SSSR count). The molecule has 1 aliphatic heterocycles. The summed E-state index contributed by atoms with van der Waals surface area (Å²) in [7, 11) is 1.90. The highest BCUT2D eigenvalue weighted by Crippen LogP contribution is 2.38. The fraction of sp³-hybridized carbons (Fsp3) is 0.0833. The number of nitrogens with two attached hydrogens (primary N) is 1. The zero-order valence-corrected chi connectivity index (χ0v) is 16.5. The van der Waals surface area contributed by atoms with Crippen molar-refractivity contribution in [3.63, 3.8) is 0 Å². The summed E-state index contributed by atoms with van der Waals surface area (Å²) in [4.78, 5) is 24.5. The number of hydrogen-bond acceptors (Lipinski definition) is 4. The molecule has 0 saturated heterocycles. The molecule has 3 aromatic rings. The lowest BCUT2D eigenvalue weighted by atomic mass is 9.99. The average Bonchev–Trinajstić information content (AvgIpc) is 3.08. The van der Waals surface area contributed by atoms with Crippen LogP contribution in [-0.4, -0.2) is 18.9 Å². The SMILES string of the molecule is CNCc1cccc(N/C(=C2\C(=O)Nc3cc(C(N)=O)ccc32)c2ccccc2)c1. The van der Waals surface area contributed by atoms with Gasteiger partial charge in [-0.2, -0.15) is 0 Å². The molecular formula is C24H22N4O2. The number of hydrogen-bond donors (Lipinski definition) is 4. The second kappa shape index (κ2) is 8.23. The van der Waals surface area contributed by atoms with E-state index in [0.717, 1.165) is 28.9 Å². The van der Waals surface area contributed by atoms with Gasteiger partial charge in [-0.1, -0.05) is 48.5 Å². The van der Waals surface area contributed by atoms with E-state index in [4.69, 9.17) is 5.73 Å². The molecule has 6 heteroatoms. The number of primary amides is 1. The Balaban J connectivity index is 1.85. The van der Waals surface area contributed by atoms with Crippen LogP contribution in [0.5, 0.6) is 0 Å². The van der Waals surface area contributed by atoms with E-state index in [-0.39, 0.29) is 5.91 Å². The van der Waals surface area contributed by atoms with Gasteiger partial charge in [0.1, 0.15) is 0 Å². The minimum Gasteiger partial charge on any atom is -0.366 e. The number of nitrogens with one attached hydrogen (secondary N) is 3. The number of anilines is 2. The summed E-state index contributed by atoms with van der Waals surface area (Å²) >= 11 is 0. The van der Waals surface area contributed by atoms with Crippen LogP contribution in [0.25, 0.3) is 11.3 Å². The molecule has 0 saturated carbocycles. The summed E-state index contributed by atoms with van der Waals surface area (Å²) in [6.07, 6.45) is 0. The van der Waals surface area contributed by atoms with Crippen LogP contribution in [-0.2, 0) is 11.3 Å². The average molecular weight is 398 g/mol. The Morgan fingerprint density at radius 3 is 2.50 bits per heavy atom. The summed E-state index contributed by atoms with van der Waals surface area (Å²) in [6.45, 7) is 0.742. The van der Waals surface area contributed by atoms with Crippen LogP contribution in [0.15, 0.2) is 72.8 Å². The second-order valence-corrected chi connectivity index (χ2v) is 7.05. The lowest BCUT2D eigenvalue weighted by molar-refractivity contribution is -0.110. The molecule has 30 heavy (non-hydrogen) atoms. The topological polar surface area (TPSA) is 96.2 Å². The first-order chi connectivity index (χ1) is 14.6. The molecule has 1 aliphatic rings. The minimum atomic E-state index is -0.535. The quantitative estimate of drug-likeness (QED) is 0.478. The van der Waals surface area contributed by atoms with Crippen molar-refractivity contribution in [2.24, 2.45) is 5.73 Å². The van der Waals surface area contributed by atoms with Gasteiger partial charge in [0.15, 0.2) is 0 Å². The molecular weight excluding hydrogens is 376 g/mol. The Kier molecular flexibility index (Phi) is 5.32. The molecule has 6 nitrogen and oxygen atoms in total. The summed E-state index contributed by atoms with van der Waals surface area (Å²) in [5, 5.41) is 9.44. The van der Waals surface area contributed by atoms with Gasteiger partial charge in [-0.3, -0.25) is 9.59 Å². The first-order valence-corrected chi connectivity index (χ1v) is 9.62. The molecule has 150 valence electrons. The van der Waals surface area contributed by atoms with Gasteiger partial charge in [-0.25, -0.2) is 0 Å². The lowest BCUT2D eigenvalue weighted by Crippen LogP contribution is -2.11. The van der Waals surface area contributed by atoms with Crippen LogP contribution in [0.4, 0.5) is 11.4 Å². The molecule has 1 heterocycles. The van der Waals surface area contributed by atoms with Crippen molar-refractivity contribution in [3.05, 3.63) is 95.1 Å². The van der Waals surface area contributed by atoms with Gasteiger partial charge in [0, 0.05) is 29.0 Å². The van der Waals surface area contributed by atoms with Crippen molar-refractivity contribution in [2.75, 3.05) is 17.7 Å². The third-order valence-corrected chi connectivity index (χ3v) is 4.94. The highest BCUT2D eigenvalue weighted by atomic mass is 16.2. The maximum absolute atomic E-state index is 13.0. The van der Waals surface area contributed by atoms with Crippen molar-refractivity contribution in [1.29, 1.82) is 0 Å². The first kappa shape index (κ1) is 19.4. The van der Waals surface area contributed by atoms with Crippen LogP contribution in [0.2, 0.25) is 0 Å². The van der Waals surface area contributed by atoms with Crippen molar-refractivity contribution in [1.82, 2.24) is 5.32 Å². The molecule has 3 aromatic carbocycles. The van der Waals surface area contributed by atoms with Crippen LogP contribution >= 0.6 is 0 Å². The minimum absolute atomic E-state index is 0.232. The predicted molar refractivity (Wildman–Crippen MR) is 120 cm³/mol. The summed E-state index contributed by atoms with van der Waals surface area (Å²) in [6, 6.07) is 22.7. The Bertz CT molecular complexity index is 1150. The third-order valence-electron chi connectivity index (χ3n) is 4.94. The summed E-state index contributed by atoms with van der Waals surface area (Å²) in [5.41, 5.74) is 11.1. The fourth-order valence-electron chi connectivity index (χ4n) is 3.57. The molecule has 0 aliphatic carbocycles. The Hall–Kier alpha value is -3.90. The maximum Gasteiger partial charge on any atom is 0.258 e. The zero-order chi connectivity index (χ0) is 21.1. The van der Waals surface area contributed by atoms with Crippen LogP contribution in [0.1, 0.15) is 27.0 Å². The summed E-state index contributed by atoms with van der Waals surface area (Å²) in [5.74, 6) is -0.767. The number of amides is 2. The van der Waals surface area contributed by atoms with Crippen LogP contribution in [0.3, 0.4) is 0 Å². The molecule has 0 unspecified atom stereocenters. The standard InChI is InChI=1S/C24H22N4O2/c1-26-14-15-6-5-9-18(12-15)27-22(16-7-3-2-4-8-16)21-19-11-10-17(23(25)29)13-20(19)28-24(21)30/h2-13,26-27H,14H2,1H3,(H2,25,29)(H,28,30)/b22-21-. The maximum atomic E-state index is 13.0. The molecule has 0 aromatic heterocycles. The summed E-state index contributed by atoms with van der Waals surface area (Å²) < 4.78 is 0. The molecule has 5 N–H and O–H groups in total. The monoisotopic (exact) mass is 398 g/mol. The number of fused-ring (bicyclic) bond motifs is 1. The third kappa shape index (κ3) is 3.81.